The Kier molecular flexibility index (Phi) is 6.02. The predicted molar refractivity (Wildman–Crippen MR) is 74.4 cm³/mol. The van der Waals surface area contributed by atoms with Crippen LogP contribution in [0, 0.1) is 0 Å². The number of nitrogens with two attached hydrogens (primary N) is 1. The number of rotatable bonds is 7. The van der Waals surface area contributed by atoms with Crippen LogP contribution in [0.4, 0.5) is 0 Å². The van der Waals surface area contributed by atoms with Gasteiger partial charge in [-0.1, -0.05) is 18.5 Å². The van der Waals surface area contributed by atoms with Gasteiger partial charge in [-0.05, 0) is 38.3 Å². The Morgan fingerprint density at radius 2 is 2.28 bits per heavy atom. The van der Waals surface area contributed by atoms with E-state index in [1.54, 1.807) is 12.4 Å². The Morgan fingerprint density at radius 1 is 1.56 bits per heavy atom. The van der Waals surface area contributed by atoms with E-state index in [4.69, 9.17) is 22.2 Å². The molecule has 18 heavy (non-hydrogen) atoms. The Bertz CT molecular complexity index is 375. The minimum Gasteiger partial charge on any atom is -0.374 e. The van der Waals surface area contributed by atoms with Gasteiger partial charge in [0.15, 0.2) is 0 Å². The van der Waals surface area contributed by atoms with Crippen molar-refractivity contribution in [2.75, 3.05) is 6.61 Å². The molecule has 0 aromatic carbocycles. The van der Waals surface area contributed by atoms with E-state index in [1.807, 2.05) is 13.0 Å². The fraction of sp³-hybridized carbons (Fsp3) is 0.615. The summed E-state index contributed by atoms with van der Waals surface area (Å²) in [7, 11) is 0. The van der Waals surface area contributed by atoms with Crippen LogP contribution >= 0.6 is 11.6 Å². The van der Waals surface area contributed by atoms with Crippen LogP contribution < -0.4 is 11.3 Å². The first-order valence-corrected chi connectivity index (χ1v) is 6.63. The lowest BCUT2D eigenvalue weighted by Gasteiger charge is -2.36. The second kappa shape index (κ2) is 7.04. The normalized spacial score (nSPS) is 16.3. The van der Waals surface area contributed by atoms with Crippen LogP contribution in [0.5, 0.6) is 0 Å². The first-order valence-electron chi connectivity index (χ1n) is 6.25. The van der Waals surface area contributed by atoms with Gasteiger partial charge < -0.3 is 4.74 Å². The van der Waals surface area contributed by atoms with E-state index in [0.717, 1.165) is 12.0 Å². The maximum Gasteiger partial charge on any atom is 0.0820 e. The zero-order valence-corrected chi connectivity index (χ0v) is 12.0. The lowest BCUT2D eigenvalue weighted by molar-refractivity contribution is -0.0550. The third kappa shape index (κ3) is 3.65. The molecular formula is C13H22ClN3O. The molecule has 1 aromatic heterocycles. The molecule has 0 spiro atoms. The van der Waals surface area contributed by atoms with Crippen molar-refractivity contribution in [1.29, 1.82) is 0 Å². The lowest BCUT2D eigenvalue weighted by Crippen LogP contribution is -2.54. The van der Waals surface area contributed by atoms with Crippen molar-refractivity contribution in [3.05, 3.63) is 29.0 Å². The highest BCUT2D eigenvalue weighted by atomic mass is 35.5. The second-order valence-electron chi connectivity index (χ2n) is 4.49. The zero-order chi connectivity index (χ0) is 13.6. The van der Waals surface area contributed by atoms with Gasteiger partial charge in [0, 0.05) is 19.0 Å². The summed E-state index contributed by atoms with van der Waals surface area (Å²) in [4.78, 5) is 3.98. The maximum atomic E-state index is 6.12. The number of hydrogen-bond acceptors (Lipinski definition) is 4. The van der Waals surface area contributed by atoms with E-state index in [2.05, 4.69) is 24.3 Å². The lowest BCUT2D eigenvalue weighted by atomic mass is 9.89. The molecule has 0 radical (unpaired) electrons. The van der Waals surface area contributed by atoms with Crippen molar-refractivity contribution < 1.29 is 4.74 Å². The summed E-state index contributed by atoms with van der Waals surface area (Å²) >= 11 is 6.12. The molecule has 0 amide bonds. The molecule has 0 saturated heterocycles. The van der Waals surface area contributed by atoms with Crippen molar-refractivity contribution in [3.8, 4) is 0 Å². The predicted octanol–water partition coefficient (Wildman–Crippen LogP) is 2.31. The van der Waals surface area contributed by atoms with Crippen LogP contribution in [0.1, 0.15) is 32.8 Å². The van der Waals surface area contributed by atoms with Gasteiger partial charge in [0.1, 0.15) is 0 Å². The molecule has 2 atom stereocenters. The van der Waals surface area contributed by atoms with Crippen LogP contribution in [-0.4, -0.2) is 23.2 Å². The minimum atomic E-state index is -0.309. The molecule has 1 rings (SSSR count). The van der Waals surface area contributed by atoms with Crippen molar-refractivity contribution in [1.82, 2.24) is 10.4 Å². The second-order valence-corrected chi connectivity index (χ2v) is 4.90. The average molecular weight is 272 g/mol. The Hall–Kier alpha value is -0.680. The van der Waals surface area contributed by atoms with Crippen LogP contribution in [-0.2, 0) is 11.2 Å². The number of nitrogens with zero attached hydrogens (tertiary/aromatic N) is 1. The van der Waals surface area contributed by atoms with Gasteiger partial charge in [0.25, 0.3) is 0 Å². The Balaban J connectivity index is 2.87. The molecule has 1 heterocycles. The number of ether oxygens (including phenoxy) is 1. The van der Waals surface area contributed by atoms with Crippen molar-refractivity contribution in [2.45, 2.75) is 45.3 Å². The molecule has 0 aliphatic heterocycles. The molecule has 2 unspecified atom stereocenters. The van der Waals surface area contributed by atoms with Crippen LogP contribution in [0.2, 0.25) is 5.02 Å². The number of nitrogens with one attached hydrogen (secondary N) is 1. The van der Waals surface area contributed by atoms with Gasteiger partial charge in [-0.25, -0.2) is 0 Å². The molecule has 0 aliphatic carbocycles. The molecule has 102 valence electrons. The van der Waals surface area contributed by atoms with Gasteiger partial charge in [-0.3, -0.25) is 16.3 Å². The van der Waals surface area contributed by atoms with E-state index in [0.29, 0.717) is 18.1 Å². The van der Waals surface area contributed by atoms with E-state index in [-0.39, 0.29) is 11.6 Å². The Morgan fingerprint density at radius 3 is 2.78 bits per heavy atom. The number of hydrazine groups is 1. The molecular weight excluding hydrogens is 250 g/mol. The summed E-state index contributed by atoms with van der Waals surface area (Å²) in [5.41, 5.74) is 3.56. The fourth-order valence-corrected chi connectivity index (χ4v) is 2.22. The monoisotopic (exact) mass is 271 g/mol. The molecule has 3 N–H and O–H groups in total. The van der Waals surface area contributed by atoms with E-state index in [9.17, 15) is 0 Å². The van der Waals surface area contributed by atoms with Gasteiger partial charge in [-0.2, -0.15) is 0 Å². The summed E-state index contributed by atoms with van der Waals surface area (Å²) in [6, 6.07) is 1.91. The van der Waals surface area contributed by atoms with Gasteiger partial charge in [0.05, 0.1) is 16.7 Å². The van der Waals surface area contributed by atoms with Crippen LogP contribution in [0.3, 0.4) is 0 Å². The van der Waals surface area contributed by atoms with Crippen LogP contribution in [0.25, 0.3) is 0 Å². The zero-order valence-electron chi connectivity index (χ0n) is 11.2. The Labute approximate surface area is 114 Å². The largest absolute Gasteiger partial charge is 0.374 e. The summed E-state index contributed by atoms with van der Waals surface area (Å²) in [5, 5.41) is 0.660. The third-order valence-corrected chi connectivity index (χ3v) is 3.74. The number of halogens is 1. The average Bonchev–Trinajstić information content (AvgIpc) is 2.38. The van der Waals surface area contributed by atoms with E-state index < -0.39 is 0 Å². The number of hydrogen-bond donors (Lipinski definition) is 2. The van der Waals surface area contributed by atoms with Gasteiger partial charge >= 0.3 is 0 Å². The molecule has 0 aliphatic rings. The standard InChI is InChI=1S/C13H22ClN3O/c1-4-13(3,18-5-2)12(17-15)8-10-6-7-16-9-11(10)14/h6-7,9,12,17H,4-5,8,15H2,1-3H3. The molecule has 0 bridgehead atoms. The molecule has 4 nitrogen and oxygen atoms in total. The van der Waals surface area contributed by atoms with Crippen molar-refractivity contribution >= 4 is 11.6 Å². The number of pyridine rings is 1. The molecule has 5 heteroatoms. The molecule has 0 fully saturated rings. The van der Waals surface area contributed by atoms with Crippen molar-refractivity contribution in [3.63, 3.8) is 0 Å². The highest BCUT2D eigenvalue weighted by Gasteiger charge is 2.33. The maximum absolute atomic E-state index is 6.12. The first kappa shape index (κ1) is 15.4. The molecule has 0 saturated carbocycles. The topological polar surface area (TPSA) is 60.2 Å². The minimum absolute atomic E-state index is 0.00218. The highest BCUT2D eigenvalue weighted by molar-refractivity contribution is 6.31. The van der Waals surface area contributed by atoms with E-state index in [1.165, 1.54) is 0 Å². The summed E-state index contributed by atoms with van der Waals surface area (Å²) in [6.07, 6.45) is 4.97. The smallest absolute Gasteiger partial charge is 0.0820 e. The highest BCUT2D eigenvalue weighted by Crippen LogP contribution is 2.25. The van der Waals surface area contributed by atoms with Gasteiger partial charge in [0.2, 0.25) is 0 Å². The molecule has 1 aromatic rings. The fourth-order valence-electron chi connectivity index (χ4n) is 2.02. The third-order valence-electron chi connectivity index (χ3n) is 3.39. The summed E-state index contributed by atoms with van der Waals surface area (Å²) in [5.74, 6) is 5.67. The summed E-state index contributed by atoms with van der Waals surface area (Å²) < 4.78 is 5.84. The quantitative estimate of drug-likeness (QED) is 0.590. The summed E-state index contributed by atoms with van der Waals surface area (Å²) in [6.45, 7) is 6.80. The van der Waals surface area contributed by atoms with Crippen molar-refractivity contribution in [2.24, 2.45) is 5.84 Å². The van der Waals surface area contributed by atoms with E-state index >= 15 is 0 Å². The SMILES string of the molecule is CCOC(C)(CC)C(Cc1ccncc1Cl)NN. The number of aromatic nitrogens is 1. The van der Waals surface area contributed by atoms with Crippen LogP contribution in [0.15, 0.2) is 18.5 Å². The first-order chi connectivity index (χ1) is 8.57. The van der Waals surface area contributed by atoms with Gasteiger partial charge in [-0.15, -0.1) is 0 Å².